The first-order chi connectivity index (χ1) is 8.15. The number of nitrogens with two attached hydrogens (primary N) is 1. The van der Waals surface area contributed by atoms with Crippen molar-refractivity contribution in [3.63, 3.8) is 0 Å². The maximum atomic E-state index is 11.6. The van der Waals surface area contributed by atoms with Crippen LogP contribution < -0.4 is 10.5 Å². The van der Waals surface area contributed by atoms with Crippen molar-refractivity contribution in [1.29, 1.82) is 0 Å². The first-order valence-electron chi connectivity index (χ1n) is 5.86. The Kier molecular flexibility index (Phi) is 5.33. The van der Waals surface area contributed by atoms with E-state index in [2.05, 4.69) is 0 Å². The van der Waals surface area contributed by atoms with E-state index in [1.165, 1.54) is 0 Å². The van der Waals surface area contributed by atoms with Crippen LogP contribution in [-0.2, 0) is 4.79 Å². The van der Waals surface area contributed by atoms with Crippen molar-refractivity contribution in [3.05, 3.63) is 24.3 Å². The molecule has 2 N–H and O–H groups in total. The largest absolute Gasteiger partial charge is 0.491 e. The molecule has 0 aliphatic carbocycles. The lowest BCUT2D eigenvalue weighted by Gasteiger charge is -2.16. The molecule has 0 radical (unpaired) electrons. The van der Waals surface area contributed by atoms with Crippen LogP contribution in [0.4, 0.5) is 5.69 Å². The molecule has 17 heavy (non-hydrogen) atoms. The van der Waals surface area contributed by atoms with Gasteiger partial charge >= 0.3 is 0 Å². The lowest BCUT2D eigenvalue weighted by Crippen LogP contribution is -2.28. The van der Waals surface area contributed by atoms with E-state index in [0.717, 1.165) is 13.0 Å². The molecule has 4 heteroatoms. The Hall–Kier alpha value is -1.71. The number of carbonyl (C=O) groups is 1. The summed E-state index contributed by atoms with van der Waals surface area (Å²) in [7, 11) is 1.81. The molecule has 1 amide bonds. The predicted octanol–water partition coefficient (Wildman–Crippen LogP) is 1.91. The molecule has 0 aromatic heterocycles. The van der Waals surface area contributed by atoms with Gasteiger partial charge in [0.2, 0.25) is 5.91 Å². The summed E-state index contributed by atoms with van der Waals surface area (Å²) >= 11 is 0. The van der Waals surface area contributed by atoms with Gasteiger partial charge in [-0.2, -0.15) is 0 Å². The number of hydrogen-bond acceptors (Lipinski definition) is 3. The van der Waals surface area contributed by atoms with Crippen molar-refractivity contribution in [3.8, 4) is 5.75 Å². The molecule has 4 nitrogen and oxygen atoms in total. The van der Waals surface area contributed by atoms with E-state index in [0.29, 0.717) is 24.5 Å². The first kappa shape index (κ1) is 13.4. The second kappa shape index (κ2) is 6.78. The Morgan fingerprint density at radius 3 is 2.76 bits per heavy atom. The summed E-state index contributed by atoms with van der Waals surface area (Å²) in [5.41, 5.74) is 6.32. The monoisotopic (exact) mass is 236 g/mol. The Balaban J connectivity index is 2.33. The van der Waals surface area contributed by atoms with Crippen LogP contribution in [0.3, 0.4) is 0 Å². The van der Waals surface area contributed by atoms with Crippen LogP contribution in [-0.4, -0.2) is 31.0 Å². The predicted molar refractivity (Wildman–Crippen MR) is 68.9 cm³/mol. The van der Waals surface area contributed by atoms with Gasteiger partial charge < -0.3 is 15.4 Å². The normalized spacial score (nSPS) is 10.0. The van der Waals surface area contributed by atoms with Crippen molar-refractivity contribution in [2.45, 2.75) is 19.8 Å². The van der Waals surface area contributed by atoms with E-state index in [4.69, 9.17) is 10.5 Å². The molecule has 0 unspecified atom stereocenters. The van der Waals surface area contributed by atoms with E-state index >= 15 is 0 Å². The molecule has 1 rings (SSSR count). The molecule has 1 aromatic carbocycles. The van der Waals surface area contributed by atoms with Crippen LogP contribution in [0.2, 0.25) is 0 Å². The van der Waals surface area contributed by atoms with Crippen LogP contribution in [0.25, 0.3) is 0 Å². The fourth-order valence-corrected chi connectivity index (χ4v) is 1.51. The molecule has 0 bridgehead atoms. The number of carbonyl (C=O) groups excluding carboxylic acids is 1. The quantitative estimate of drug-likeness (QED) is 0.767. The minimum Gasteiger partial charge on any atom is -0.491 e. The lowest BCUT2D eigenvalue weighted by molar-refractivity contribution is -0.130. The smallest absolute Gasteiger partial charge is 0.225 e. The molecule has 0 saturated carbocycles. The summed E-state index contributed by atoms with van der Waals surface area (Å²) in [6.07, 6.45) is 1.35. The summed E-state index contributed by atoms with van der Waals surface area (Å²) in [4.78, 5) is 13.3. The third kappa shape index (κ3) is 4.34. The molecule has 0 aliphatic heterocycles. The van der Waals surface area contributed by atoms with Crippen LogP contribution in [0.15, 0.2) is 24.3 Å². The molecule has 0 heterocycles. The lowest BCUT2D eigenvalue weighted by atomic mass is 10.3. The van der Waals surface area contributed by atoms with Crippen molar-refractivity contribution < 1.29 is 9.53 Å². The van der Waals surface area contributed by atoms with Gasteiger partial charge in [0.25, 0.3) is 0 Å². The second-order valence-electron chi connectivity index (χ2n) is 3.95. The molecule has 94 valence electrons. The number of anilines is 1. The van der Waals surface area contributed by atoms with Gasteiger partial charge in [0.05, 0.1) is 18.7 Å². The molecular weight excluding hydrogens is 216 g/mol. The van der Waals surface area contributed by atoms with E-state index in [1.807, 2.05) is 26.1 Å². The van der Waals surface area contributed by atoms with Gasteiger partial charge in [-0.05, 0) is 18.6 Å². The minimum atomic E-state index is 0.0985. The van der Waals surface area contributed by atoms with Crippen LogP contribution in [0.1, 0.15) is 19.8 Å². The second-order valence-corrected chi connectivity index (χ2v) is 3.95. The maximum Gasteiger partial charge on any atom is 0.225 e. The molecular formula is C13H20N2O2. The third-order valence-electron chi connectivity index (χ3n) is 2.48. The van der Waals surface area contributed by atoms with E-state index in [1.54, 1.807) is 17.0 Å². The highest BCUT2D eigenvalue weighted by Crippen LogP contribution is 2.19. The molecule has 1 aromatic rings. The van der Waals surface area contributed by atoms with Gasteiger partial charge in [-0.1, -0.05) is 19.1 Å². The van der Waals surface area contributed by atoms with Gasteiger partial charge in [0.1, 0.15) is 5.75 Å². The number of nitrogen functional groups attached to an aromatic ring is 1. The number of para-hydroxylation sites is 2. The highest BCUT2D eigenvalue weighted by atomic mass is 16.5. The zero-order valence-electron chi connectivity index (χ0n) is 10.5. The minimum absolute atomic E-state index is 0.0985. The zero-order valence-corrected chi connectivity index (χ0v) is 10.5. The summed E-state index contributed by atoms with van der Waals surface area (Å²) in [6, 6.07) is 7.29. The van der Waals surface area contributed by atoms with Crippen molar-refractivity contribution in [1.82, 2.24) is 4.90 Å². The molecule has 0 spiro atoms. The van der Waals surface area contributed by atoms with Gasteiger partial charge in [-0.15, -0.1) is 0 Å². The number of nitrogens with zero attached hydrogens (tertiary/aromatic N) is 1. The fourth-order valence-electron chi connectivity index (χ4n) is 1.51. The fraction of sp³-hybridized carbons (Fsp3) is 0.462. The van der Waals surface area contributed by atoms with Gasteiger partial charge in [0, 0.05) is 13.6 Å². The summed E-state index contributed by atoms with van der Waals surface area (Å²) in [5.74, 6) is 0.736. The van der Waals surface area contributed by atoms with Crippen molar-refractivity contribution >= 4 is 11.6 Å². The number of benzene rings is 1. The van der Waals surface area contributed by atoms with Gasteiger partial charge in [-0.25, -0.2) is 0 Å². The van der Waals surface area contributed by atoms with Crippen molar-refractivity contribution in [2.24, 2.45) is 0 Å². The topological polar surface area (TPSA) is 55.6 Å². The summed E-state index contributed by atoms with van der Waals surface area (Å²) in [5, 5.41) is 0. The number of rotatable bonds is 6. The van der Waals surface area contributed by atoms with Gasteiger partial charge in [0.15, 0.2) is 0 Å². The van der Waals surface area contributed by atoms with Crippen LogP contribution in [0, 0.1) is 0 Å². The highest BCUT2D eigenvalue weighted by molar-refractivity contribution is 5.76. The standard InChI is InChI=1S/C13H20N2O2/c1-3-9-15(2)13(16)8-10-17-12-7-5-4-6-11(12)14/h4-7H,3,8-10,14H2,1-2H3. The average molecular weight is 236 g/mol. The zero-order chi connectivity index (χ0) is 12.7. The molecule has 0 aliphatic rings. The summed E-state index contributed by atoms with van der Waals surface area (Å²) < 4.78 is 5.46. The Morgan fingerprint density at radius 2 is 2.12 bits per heavy atom. The Morgan fingerprint density at radius 1 is 1.41 bits per heavy atom. The van der Waals surface area contributed by atoms with Crippen molar-refractivity contribution in [2.75, 3.05) is 25.9 Å². The first-order valence-corrected chi connectivity index (χ1v) is 5.86. The third-order valence-corrected chi connectivity index (χ3v) is 2.48. The van der Waals surface area contributed by atoms with Crippen LogP contribution >= 0.6 is 0 Å². The summed E-state index contributed by atoms with van der Waals surface area (Å²) in [6.45, 7) is 3.19. The van der Waals surface area contributed by atoms with E-state index in [9.17, 15) is 4.79 Å². The maximum absolute atomic E-state index is 11.6. The van der Waals surface area contributed by atoms with E-state index < -0.39 is 0 Å². The van der Waals surface area contributed by atoms with Crippen LogP contribution in [0.5, 0.6) is 5.75 Å². The van der Waals surface area contributed by atoms with E-state index in [-0.39, 0.29) is 5.91 Å². The Bertz CT molecular complexity index is 366. The highest BCUT2D eigenvalue weighted by Gasteiger charge is 2.07. The Labute approximate surface area is 102 Å². The SMILES string of the molecule is CCCN(C)C(=O)CCOc1ccccc1N. The number of amides is 1. The number of ether oxygens (including phenoxy) is 1. The van der Waals surface area contributed by atoms with Gasteiger partial charge in [-0.3, -0.25) is 4.79 Å². The number of hydrogen-bond donors (Lipinski definition) is 1. The molecule has 0 atom stereocenters. The molecule has 0 fully saturated rings. The average Bonchev–Trinajstić information content (AvgIpc) is 2.31. The molecule has 0 saturated heterocycles.